The number of carbonyl (C=O) groups excluding carboxylic acids is 2. The van der Waals surface area contributed by atoms with Crippen molar-refractivity contribution in [1.29, 1.82) is 0 Å². The van der Waals surface area contributed by atoms with Crippen molar-refractivity contribution in [3.8, 4) is 0 Å². The molecule has 21 heavy (non-hydrogen) atoms. The molecule has 0 aliphatic rings. The van der Waals surface area contributed by atoms with E-state index < -0.39 is 0 Å². The molecule has 0 unspecified atom stereocenters. The molecule has 1 N–H and O–H groups in total. The highest BCUT2D eigenvalue weighted by atomic mass is 16.1. The summed E-state index contributed by atoms with van der Waals surface area (Å²) in [6.07, 6.45) is 10.7. The van der Waals surface area contributed by atoms with Gasteiger partial charge in [-0.25, -0.2) is 0 Å². The molecule has 0 aliphatic heterocycles. The third-order valence-corrected chi connectivity index (χ3v) is 2.74. The average molecular weight is 302 g/mol. The molecule has 0 atom stereocenters. The molecule has 0 fully saturated rings. The molecule has 0 radical (unpaired) electrons. The van der Waals surface area contributed by atoms with Gasteiger partial charge in [-0.2, -0.15) is 0 Å². The van der Waals surface area contributed by atoms with Crippen LogP contribution < -0.4 is 5.32 Å². The molecule has 0 aromatic heterocycles. The summed E-state index contributed by atoms with van der Waals surface area (Å²) in [6.45, 7) is 12.6. The van der Waals surface area contributed by atoms with Crippen LogP contribution in [0.5, 0.6) is 0 Å². The maximum absolute atomic E-state index is 10.2. The number of Topliss-reactive ketones (excluding diaryl/α,β-unsaturated/α-hetero) is 1. The minimum absolute atomic E-state index is 0.0680. The molecule has 1 amide bonds. The van der Waals surface area contributed by atoms with Crippen LogP contribution in [0, 0.1) is 0 Å². The molecule has 0 aromatic rings. The molecule has 0 rings (SSSR count). The third-order valence-electron chi connectivity index (χ3n) is 2.74. The van der Waals surface area contributed by atoms with Crippen LogP contribution in [-0.4, -0.2) is 18.2 Å². The van der Waals surface area contributed by atoms with E-state index in [-0.39, 0.29) is 5.91 Å². The van der Waals surface area contributed by atoms with Crippen molar-refractivity contribution in [3.63, 3.8) is 0 Å². The number of hydrogen-bond acceptors (Lipinski definition) is 2. The predicted octanol–water partition coefficient (Wildman–Crippen LogP) is 5.27. The summed E-state index contributed by atoms with van der Waals surface area (Å²) in [5.41, 5.74) is 0. The number of rotatable bonds is 9. The molecule has 128 valence electrons. The van der Waals surface area contributed by atoms with E-state index >= 15 is 0 Å². The quantitative estimate of drug-likeness (QED) is 0.589. The zero-order valence-electron chi connectivity index (χ0n) is 15.4. The first-order valence-electron chi connectivity index (χ1n) is 8.69. The Balaban J connectivity index is -0.000000234. The monoisotopic (exact) mass is 301 g/mol. The first kappa shape index (κ1) is 25.1. The lowest BCUT2D eigenvalue weighted by Crippen LogP contribution is -2.20. The summed E-state index contributed by atoms with van der Waals surface area (Å²) in [5, 5.41) is 2.71. The summed E-state index contributed by atoms with van der Waals surface area (Å²) >= 11 is 0. The zero-order valence-corrected chi connectivity index (χ0v) is 15.4. The van der Waals surface area contributed by atoms with Gasteiger partial charge in [0.15, 0.2) is 0 Å². The van der Waals surface area contributed by atoms with Gasteiger partial charge in [0.1, 0.15) is 5.78 Å². The first-order chi connectivity index (χ1) is 9.95. The minimum atomic E-state index is 0.0680. The smallest absolute Gasteiger partial charge is 0.216 e. The van der Waals surface area contributed by atoms with Crippen LogP contribution in [0.4, 0.5) is 0 Å². The molecule has 0 bridgehead atoms. The lowest BCUT2D eigenvalue weighted by molar-refractivity contribution is -0.119. The van der Waals surface area contributed by atoms with Crippen LogP contribution in [0.25, 0.3) is 0 Å². The van der Waals surface area contributed by atoms with Gasteiger partial charge in [-0.3, -0.25) is 4.79 Å². The lowest BCUT2D eigenvalue weighted by atomic mass is 10.2. The summed E-state index contributed by atoms with van der Waals surface area (Å²) < 4.78 is 0. The largest absolute Gasteiger partial charge is 0.356 e. The van der Waals surface area contributed by atoms with E-state index in [9.17, 15) is 9.59 Å². The molecular formula is C18H39NO2. The number of carbonyl (C=O) groups is 2. The Bertz CT molecular complexity index is 211. The van der Waals surface area contributed by atoms with Crippen LogP contribution in [0.15, 0.2) is 0 Å². The van der Waals surface area contributed by atoms with Gasteiger partial charge in [0.05, 0.1) is 0 Å². The van der Waals surface area contributed by atoms with Crippen molar-refractivity contribution in [3.05, 3.63) is 0 Å². The van der Waals surface area contributed by atoms with E-state index in [1.54, 1.807) is 6.92 Å². The maximum Gasteiger partial charge on any atom is 0.216 e. The van der Waals surface area contributed by atoms with E-state index in [2.05, 4.69) is 33.0 Å². The van der Waals surface area contributed by atoms with Gasteiger partial charge < -0.3 is 10.1 Å². The Morgan fingerprint density at radius 1 is 0.714 bits per heavy atom. The zero-order chi connectivity index (χ0) is 16.9. The van der Waals surface area contributed by atoms with Crippen molar-refractivity contribution >= 4 is 11.7 Å². The molecular weight excluding hydrogens is 262 g/mol. The Kier molecular flexibility index (Phi) is 28.9. The van der Waals surface area contributed by atoms with Gasteiger partial charge in [0, 0.05) is 19.9 Å². The van der Waals surface area contributed by atoms with E-state index in [4.69, 9.17) is 0 Å². The highest BCUT2D eigenvalue weighted by Crippen LogP contribution is 1.95. The number of ketones is 1. The normalized spacial score (nSPS) is 8.86. The highest BCUT2D eigenvalue weighted by Gasteiger charge is 1.87. The Labute approximate surface area is 133 Å². The van der Waals surface area contributed by atoms with E-state index in [0.29, 0.717) is 5.78 Å². The molecule has 3 nitrogen and oxygen atoms in total. The second-order valence-corrected chi connectivity index (χ2v) is 5.35. The second-order valence-electron chi connectivity index (χ2n) is 5.35. The van der Waals surface area contributed by atoms with Crippen molar-refractivity contribution in [2.24, 2.45) is 0 Å². The van der Waals surface area contributed by atoms with Crippen LogP contribution >= 0.6 is 0 Å². The second kappa shape index (κ2) is 24.2. The summed E-state index contributed by atoms with van der Waals surface area (Å²) in [5.74, 6) is 0.375. The van der Waals surface area contributed by atoms with Gasteiger partial charge in [-0.15, -0.1) is 0 Å². The Morgan fingerprint density at radius 2 is 1.14 bits per heavy atom. The fourth-order valence-electron chi connectivity index (χ4n) is 1.37. The van der Waals surface area contributed by atoms with Crippen LogP contribution in [0.1, 0.15) is 99.3 Å². The molecule has 0 saturated heterocycles. The van der Waals surface area contributed by atoms with Gasteiger partial charge in [0.25, 0.3) is 0 Å². The predicted molar refractivity (Wildman–Crippen MR) is 93.6 cm³/mol. The molecule has 0 saturated carbocycles. The van der Waals surface area contributed by atoms with E-state index in [1.165, 1.54) is 32.6 Å². The minimum Gasteiger partial charge on any atom is -0.356 e. The first-order valence-corrected chi connectivity index (χ1v) is 8.69. The average Bonchev–Trinajstić information content (AvgIpc) is 2.44. The summed E-state index contributed by atoms with van der Waals surface area (Å²) in [7, 11) is 0. The van der Waals surface area contributed by atoms with Gasteiger partial charge in [-0.1, -0.05) is 66.2 Å². The maximum atomic E-state index is 10.2. The summed E-state index contributed by atoms with van der Waals surface area (Å²) in [4.78, 5) is 20.4. The van der Waals surface area contributed by atoms with E-state index in [1.807, 2.05) is 0 Å². The number of nitrogens with one attached hydrogen (secondary N) is 1. The van der Waals surface area contributed by atoms with Crippen LogP contribution in [-0.2, 0) is 9.59 Å². The van der Waals surface area contributed by atoms with Crippen molar-refractivity contribution in [2.45, 2.75) is 99.3 Å². The van der Waals surface area contributed by atoms with Crippen molar-refractivity contribution in [1.82, 2.24) is 5.32 Å². The highest BCUT2D eigenvalue weighted by molar-refractivity contribution is 5.75. The topological polar surface area (TPSA) is 46.2 Å². The fourth-order valence-corrected chi connectivity index (χ4v) is 1.37. The summed E-state index contributed by atoms with van der Waals surface area (Å²) in [6, 6.07) is 0. The third kappa shape index (κ3) is 45.3. The van der Waals surface area contributed by atoms with Gasteiger partial charge in [0.2, 0.25) is 5.91 Å². The van der Waals surface area contributed by atoms with Gasteiger partial charge >= 0.3 is 0 Å². The molecule has 0 aliphatic carbocycles. The van der Waals surface area contributed by atoms with Crippen molar-refractivity contribution < 1.29 is 9.59 Å². The number of amides is 1. The number of unbranched alkanes of at least 4 members (excludes halogenated alkanes) is 5. The fraction of sp³-hybridized carbons (Fsp3) is 0.889. The SMILES string of the molecule is CCCCC(C)=O.CCCCCC.CCCCNC(C)=O. The number of hydrogen-bond donors (Lipinski definition) is 1. The van der Waals surface area contributed by atoms with Crippen LogP contribution in [0.2, 0.25) is 0 Å². The molecule has 3 heteroatoms. The Hall–Kier alpha value is -0.860. The van der Waals surface area contributed by atoms with E-state index in [0.717, 1.165) is 38.6 Å². The molecule has 0 spiro atoms. The molecule has 0 aromatic carbocycles. The molecule has 0 heterocycles. The lowest BCUT2D eigenvalue weighted by Gasteiger charge is -1.96. The standard InChI is InChI=1S/C6H13NO.C6H12O.C6H14/c1-3-4-5-7-6(2)8;1-3-4-5-6(2)7;1-3-5-6-4-2/h3-5H2,1-2H3,(H,7,8);3-5H2,1-2H3;3-6H2,1-2H3. The van der Waals surface area contributed by atoms with Crippen molar-refractivity contribution in [2.75, 3.05) is 6.54 Å². The van der Waals surface area contributed by atoms with Gasteiger partial charge in [-0.05, 0) is 19.8 Å². The Morgan fingerprint density at radius 3 is 1.38 bits per heavy atom. The van der Waals surface area contributed by atoms with Crippen LogP contribution in [0.3, 0.4) is 0 Å².